The number of aromatic nitrogens is 2. The second-order valence-corrected chi connectivity index (χ2v) is 6.07. The number of halogens is 1. The highest BCUT2D eigenvalue weighted by Crippen LogP contribution is 2.34. The van der Waals surface area contributed by atoms with Gasteiger partial charge in [0.05, 0.1) is 17.8 Å². The summed E-state index contributed by atoms with van der Waals surface area (Å²) in [5.74, 6) is 2.12. The Kier molecular flexibility index (Phi) is 3.57. The zero-order valence-electron chi connectivity index (χ0n) is 10.8. The largest absolute Gasteiger partial charge is 0.355 e. The van der Waals surface area contributed by atoms with E-state index in [9.17, 15) is 0 Å². The molecule has 0 spiro atoms. The zero-order valence-corrected chi connectivity index (χ0v) is 11.5. The van der Waals surface area contributed by atoms with Gasteiger partial charge in [0.1, 0.15) is 5.82 Å². The molecule has 1 unspecified atom stereocenters. The third-order valence-electron chi connectivity index (χ3n) is 3.55. The smallest absolute Gasteiger partial charge is 0.147 e. The van der Waals surface area contributed by atoms with Crippen LogP contribution in [0.1, 0.15) is 32.9 Å². The summed E-state index contributed by atoms with van der Waals surface area (Å²) in [6.07, 6.45) is 4.80. The van der Waals surface area contributed by atoms with Crippen LogP contribution in [0.5, 0.6) is 0 Å². The van der Waals surface area contributed by atoms with E-state index in [2.05, 4.69) is 35.6 Å². The lowest BCUT2D eigenvalue weighted by Gasteiger charge is -2.27. The topological polar surface area (TPSA) is 29.0 Å². The Labute approximate surface area is 108 Å². The highest BCUT2D eigenvalue weighted by molar-refractivity contribution is 6.16. The first-order valence-electron chi connectivity index (χ1n) is 6.12. The zero-order chi connectivity index (χ0) is 12.5. The number of nitrogens with zero attached hydrogens (tertiary/aromatic N) is 3. The molecule has 1 atom stereocenters. The standard InChI is InChI=1S/C13H20ClN3/c1-13(2,3)10-4-5-17(9-10)12-8-15-7-11(6-14)16-12/h7-8,10H,4-6,9H2,1-3H3. The minimum absolute atomic E-state index is 0.367. The van der Waals surface area contributed by atoms with Crippen LogP contribution in [0.3, 0.4) is 0 Å². The summed E-state index contributed by atoms with van der Waals surface area (Å²) < 4.78 is 0. The SMILES string of the molecule is CC(C)(C)C1CCN(c2cncc(CCl)n2)C1. The number of hydrogen-bond donors (Lipinski definition) is 0. The van der Waals surface area contributed by atoms with E-state index < -0.39 is 0 Å². The molecular formula is C13H20ClN3. The molecule has 0 radical (unpaired) electrons. The van der Waals surface area contributed by atoms with Crippen molar-refractivity contribution in [3.63, 3.8) is 0 Å². The van der Waals surface area contributed by atoms with E-state index in [1.165, 1.54) is 6.42 Å². The van der Waals surface area contributed by atoms with Crippen LogP contribution in [-0.2, 0) is 5.88 Å². The fourth-order valence-electron chi connectivity index (χ4n) is 2.29. The third kappa shape index (κ3) is 2.89. The maximum absolute atomic E-state index is 5.79. The normalized spacial score (nSPS) is 20.9. The van der Waals surface area contributed by atoms with Crippen LogP contribution in [0, 0.1) is 11.3 Å². The monoisotopic (exact) mass is 253 g/mol. The number of alkyl halides is 1. The molecule has 1 aromatic heterocycles. The Morgan fingerprint density at radius 3 is 2.76 bits per heavy atom. The minimum atomic E-state index is 0.367. The first-order chi connectivity index (χ1) is 8.00. The molecule has 0 aliphatic carbocycles. The fourth-order valence-corrected chi connectivity index (χ4v) is 2.42. The fraction of sp³-hybridized carbons (Fsp3) is 0.692. The molecule has 1 aliphatic heterocycles. The van der Waals surface area contributed by atoms with Crippen molar-refractivity contribution in [2.45, 2.75) is 33.1 Å². The molecule has 1 aromatic rings. The van der Waals surface area contributed by atoms with Gasteiger partial charge in [0.15, 0.2) is 0 Å². The van der Waals surface area contributed by atoms with Crippen LogP contribution in [0.25, 0.3) is 0 Å². The Bertz CT molecular complexity index is 386. The van der Waals surface area contributed by atoms with Gasteiger partial charge in [0, 0.05) is 19.3 Å². The quantitative estimate of drug-likeness (QED) is 0.759. The van der Waals surface area contributed by atoms with Crippen LogP contribution in [0.15, 0.2) is 12.4 Å². The maximum Gasteiger partial charge on any atom is 0.147 e. The van der Waals surface area contributed by atoms with Crippen LogP contribution in [-0.4, -0.2) is 23.1 Å². The number of anilines is 1. The summed E-state index contributed by atoms with van der Waals surface area (Å²) in [5, 5.41) is 0. The highest BCUT2D eigenvalue weighted by Gasteiger charge is 2.32. The molecule has 1 aliphatic rings. The lowest BCUT2D eigenvalue weighted by atomic mass is 9.80. The molecule has 1 saturated heterocycles. The summed E-state index contributed by atoms with van der Waals surface area (Å²) in [6.45, 7) is 9.07. The van der Waals surface area contributed by atoms with E-state index in [0.29, 0.717) is 11.3 Å². The van der Waals surface area contributed by atoms with Crippen molar-refractivity contribution in [3.05, 3.63) is 18.1 Å². The third-order valence-corrected chi connectivity index (χ3v) is 3.82. The van der Waals surface area contributed by atoms with Gasteiger partial charge in [0.25, 0.3) is 0 Å². The lowest BCUT2D eigenvalue weighted by molar-refractivity contribution is 0.263. The molecular weight excluding hydrogens is 234 g/mol. The van der Waals surface area contributed by atoms with Crippen molar-refractivity contribution < 1.29 is 0 Å². The molecule has 3 nitrogen and oxygen atoms in total. The first kappa shape index (κ1) is 12.6. The van der Waals surface area contributed by atoms with Crippen molar-refractivity contribution in [3.8, 4) is 0 Å². The molecule has 0 saturated carbocycles. The highest BCUT2D eigenvalue weighted by atomic mass is 35.5. The molecule has 94 valence electrons. The first-order valence-corrected chi connectivity index (χ1v) is 6.66. The van der Waals surface area contributed by atoms with Gasteiger partial charge in [-0.2, -0.15) is 0 Å². The van der Waals surface area contributed by atoms with Gasteiger partial charge in [-0.25, -0.2) is 4.98 Å². The molecule has 0 amide bonds. The molecule has 4 heteroatoms. The van der Waals surface area contributed by atoms with E-state index in [0.717, 1.165) is 30.5 Å². The summed E-state index contributed by atoms with van der Waals surface area (Å²) in [4.78, 5) is 11.0. The predicted molar refractivity (Wildman–Crippen MR) is 71.4 cm³/mol. The van der Waals surface area contributed by atoms with Gasteiger partial charge in [0.2, 0.25) is 0 Å². The van der Waals surface area contributed by atoms with Crippen molar-refractivity contribution in [1.82, 2.24) is 9.97 Å². The summed E-state index contributed by atoms with van der Waals surface area (Å²) in [6, 6.07) is 0. The number of rotatable bonds is 2. The van der Waals surface area contributed by atoms with E-state index in [4.69, 9.17) is 11.6 Å². The lowest BCUT2D eigenvalue weighted by Crippen LogP contribution is -2.26. The van der Waals surface area contributed by atoms with E-state index in [1.807, 2.05) is 6.20 Å². The molecule has 0 N–H and O–H groups in total. The van der Waals surface area contributed by atoms with E-state index >= 15 is 0 Å². The van der Waals surface area contributed by atoms with Crippen LogP contribution in [0.2, 0.25) is 0 Å². The predicted octanol–water partition coefficient (Wildman–Crippen LogP) is 3.09. The maximum atomic E-state index is 5.79. The second kappa shape index (κ2) is 4.81. The minimum Gasteiger partial charge on any atom is -0.355 e. The average molecular weight is 254 g/mol. The van der Waals surface area contributed by atoms with Gasteiger partial charge in [-0.3, -0.25) is 4.98 Å². The van der Waals surface area contributed by atoms with Crippen molar-refractivity contribution in [1.29, 1.82) is 0 Å². The number of hydrogen-bond acceptors (Lipinski definition) is 3. The van der Waals surface area contributed by atoms with Crippen LogP contribution in [0.4, 0.5) is 5.82 Å². The van der Waals surface area contributed by atoms with Gasteiger partial charge in [-0.1, -0.05) is 20.8 Å². The Balaban J connectivity index is 2.09. The van der Waals surface area contributed by atoms with Gasteiger partial charge >= 0.3 is 0 Å². The van der Waals surface area contributed by atoms with Gasteiger partial charge < -0.3 is 4.90 Å². The summed E-state index contributed by atoms with van der Waals surface area (Å²) in [5.41, 5.74) is 1.22. The molecule has 2 heterocycles. The van der Waals surface area contributed by atoms with Crippen LogP contribution < -0.4 is 4.90 Å². The Morgan fingerprint density at radius 2 is 2.18 bits per heavy atom. The molecule has 0 bridgehead atoms. The van der Waals surface area contributed by atoms with E-state index in [1.54, 1.807) is 6.20 Å². The van der Waals surface area contributed by atoms with Gasteiger partial charge in [-0.05, 0) is 17.8 Å². The van der Waals surface area contributed by atoms with Crippen molar-refractivity contribution >= 4 is 17.4 Å². The second-order valence-electron chi connectivity index (χ2n) is 5.80. The Hall–Kier alpha value is -0.830. The van der Waals surface area contributed by atoms with Crippen molar-refractivity contribution in [2.75, 3.05) is 18.0 Å². The molecule has 2 rings (SSSR count). The Morgan fingerprint density at radius 1 is 1.41 bits per heavy atom. The average Bonchev–Trinajstić information content (AvgIpc) is 2.78. The summed E-state index contributed by atoms with van der Waals surface area (Å²) in [7, 11) is 0. The van der Waals surface area contributed by atoms with Crippen molar-refractivity contribution in [2.24, 2.45) is 11.3 Å². The summed E-state index contributed by atoms with van der Waals surface area (Å²) >= 11 is 5.79. The molecule has 0 aromatic carbocycles. The molecule has 1 fully saturated rings. The van der Waals surface area contributed by atoms with Crippen LogP contribution >= 0.6 is 11.6 Å². The van der Waals surface area contributed by atoms with E-state index in [-0.39, 0.29) is 0 Å². The molecule has 17 heavy (non-hydrogen) atoms. The van der Waals surface area contributed by atoms with Gasteiger partial charge in [-0.15, -0.1) is 11.6 Å².